The van der Waals surface area contributed by atoms with Crippen molar-refractivity contribution >= 4 is 16.5 Å². The first-order valence-corrected chi connectivity index (χ1v) is 9.10. The number of nitrogens with zero attached hydrogens (tertiary/aromatic N) is 4. The molecule has 0 saturated carbocycles. The lowest BCUT2D eigenvalue weighted by Crippen LogP contribution is -2.45. The lowest BCUT2D eigenvalue weighted by molar-refractivity contribution is 0.312. The fraction of sp³-hybridized carbons (Fsp3) is 0.333. The predicted molar refractivity (Wildman–Crippen MR) is 106 cm³/mol. The molecule has 0 aliphatic carbocycles. The number of anilines is 1. The minimum atomic E-state index is -0.0474. The van der Waals surface area contributed by atoms with E-state index in [1.54, 1.807) is 10.7 Å². The standard InChI is InChI=1S/C21H24N4O/c1-16-7-8-17-5-3-4-6-19(17)20(16)15-25-21(26)13-18(14-22-25)24-11-9-23(2)10-12-24/h3-8,13-14H,9-12,15H2,1-2H3. The topological polar surface area (TPSA) is 41.4 Å². The molecule has 1 aliphatic heterocycles. The van der Waals surface area contributed by atoms with Gasteiger partial charge in [0, 0.05) is 32.2 Å². The molecule has 2 aromatic carbocycles. The minimum absolute atomic E-state index is 0.0474. The summed E-state index contributed by atoms with van der Waals surface area (Å²) in [5.74, 6) is 0. The van der Waals surface area contributed by atoms with Gasteiger partial charge in [-0.15, -0.1) is 0 Å². The van der Waals surface area contributed by atoms with Crippen LogP contribution in [0.4, 0.5) is 5.69 Å². The summed E-state index contributed by atoms with van der Waals surface area (Å²) in [7, 11) is 2.13. The van der Waals surface area contributed by atoms with Crippen molar-refractivity contribution in [2.75, 3.05) is 38.1 Å². The fourth-order valence-electron chi connectivity index (χ4n) is 3.58. The van der Waals surface area contributed by atoms with Crippen molar-refractivity contribution in [2.24, 2.45) is 0 Å². The van der Waals surface area contributed by atoms with Gasteiger partial charge in [-0.2, -0.15) is 5.10 Å². The van der Waals surface area contributed by atoms with Crippen molar-refractivity contribution in [3.8, 4) is 0 Å². The molecule has 5 heteroatoms. The van der Waals surface area contributed by atoms with Crippen LogP contribution in [-0.4, -0.2) is 47.9 Å². The van der Waals surface area contributed by atoms with E-state index < -0.39 is 0 Å². The van der Waals surface area contributed by atoms with Gasteiger partial charge in [0.25, 0.3) is 5.56 Å². The third-order valence-electron chi connectivity index (χ3n) is 5.31. The SMILES string of the molecule is Cc1ccc2ccccc2c1Cn1ncc(N2CCN(C)CC2)cc1=O. The number of benzene rings is 2. The number of hydrogen-bond donors (Lipinski definition) is 0. The third-order valence-corrected chi connectivity index (χ3v) is 5.31. The van der Waals surface area contributed by atoms with E-state index in [0.717, 1.165) is 37.4 Å². The Labute approximate surface area is 153 Å². The molecule has 2 heterocycles. The Bertz CT molecular complexity index is 987. The van der Waals surface area contributed by atoms with Crippen LogP contribution in [0.3, 0.4) is 0 Å². The molecule has 26 heavy (non-hydrogen) atoms. The van der Waals surface area contributed by atoms with Crippen LogP contribution in [0.15, 0.2) is 53.5 Å². The van der Waals surface area contributed by atoms with Gasteiger partial charge < -0.3 is 9.80 Å². The van der Waals surface area contributed by atoms with E-state index in [0.29, 0.717) is 6.54 Å². The fourth-order valence-corrected chi connectivity index (χ4v) is 3.58. The molecule has 4 rings (SSSR count). The second-order valence-corrected chi connectivity index (χ2v) is 7.08. The van der Waals surface area contributed by atoms with E-state index in [-0.39, 0.29) is 5.56 Å². The highest BCUT2D eigenvalue weighted by atomic mass is 16.1. The molecule has 0 unspecified atom stereocenters. The zero-order valence-electron chi connectivity index (χ0n) is 15.4. The number of piperazine rings is 1. The summed E-state index contributed by atoms with van der Waals surface area (Å²) in [5, 5.41) is 6.84. The van der Waals surface area contributed by atoms with Crippen molar-refractivity contribution in [1.29, 1.82) is 0 Å². The summed E-state index contributed by atoms with van der Waals surface area (Å²) in [6, 6.07) is 14.3. The van der Waals surface area contributed by atoms with E-state index in [4.69, 9.17) is 0 Å². The van der Waals surface area contributed by atoms with Gasteiger partial charge in [0.1, 0.15) is 0 Å². The maximum atomic E-state index is 12.7. The maximum Gasteiger partial charge on any atom is 0.269 e. The first kappa shape index (κ1) is 16.8. The highest BCUT2D eigenvalue weighted by molar-refractivity contribution is 5.86. The first-order valence-electron chi connectivity index (χ1n) is 9.10. The number of likely N-dealkylation sites (N-methyl/N-ethyl adjacent to an activating group) is 1. The van der Waals surface area contributed by atoms with Crippen LogP contribution < -0.4 is 10.5 Å². The molecular formula is C21H24N4O. The van der Waals surface area contributed by atoms with Crippen molar-refractivity contribution in [3.63, 3.8) is 0 Å². The van der Waals surface area contributed by atoms with Crippen molar-refractivity contribution < 1.29 is 0 Å². The lowest BCUT2D eigenvalue weighted by Gasteiger charge is -2.33. The number of rotatable bonds is 3. The number of aryl methyl sites for hydroxylation is 1. The van der Waals surface area contributed by atoms with E-state index >= 15 is 0 Å². The van der Waals surface area contributed by atoms with Crippen LogP contribution in [0.1, 0.15) is 11.1 Å². The highest BCUT2D eigenvalue weighted by Crippen LogP contribution is 2.22. The molecule has 134 valence electrons. The monoisotopic (exact) mass is 348 g/mol. The molecule has 3 aromatic rings. The van der Waals surface area contributed by atoms with Crippen LogP contribution in [-0.2, 0) is 6.54 Å². The van der Waals surface area contributed by atoms with Gasteiger partial charge >= 0.3 is 0 Å². The average molecular weight is 348 g/mol. The Morgan fingerprint density at radius 3 is 2.58 bits per heavy atom. The van der Waals surface area contributed by atoms with Crippen LogP contribution in [0.5, 0.6) is 0 Å². The molecule has 1 aliphatic rings. The van der Waals surface area contributed by atoms with E-state index in [9.17, 15) is 4.79 Å². The van der Waals surface area contributed by atoms with E-state index in [1.165, 1.54) is 16.3 Å². The Hall–Kier alpha value is -2.66. The van der Waals surface area contributed by atoms with Crippen LogP contribution in [0.2, 0.25) is 0 Å². The summed E-state index contributed by atoms with van der Waals surface area (Å²) in [6.45, 7) is 6.48. The van der Waals surface area contributed by atoms with E-state index in [1.807, 2.05) is 18.3 Å². The summed E-state index contributed by atoms with van der Waals surface area (Å²) in [6.07, 6.45) is 1.83. The molecular weight excluding hydrogens is 324 g/mol. The van der Waals surface area contributed by atoms with Gasteiger partial charge in [-0.1, -0.05) is 36.4 Å². The van der Waals surface area contributed by atoms with Gasteiger partial charge in [-0.25, -0.2) is 4.68 Å². The maximum absolute atomic E-state index is 12.7. The second-order valence-electron chi connectivity index (χ2n) is 7.08. The molecule has 0 spiro atoms. The Balaban J connectivity index is 1.64. The Morgan fingerprint density at radius 2 is 1.81 bits per heavy atom. The Kier molecular flexibility index (Phi) is 4.47. The van der Waals surface area contributed by atoms with Gasteiger partial charge in [0.05, 0.1) is 18.4 Å². The number of hydrogen-bond acceptors (Lipinski definition) is 4. The average Bonchev–Trinajstić information content (AvgIpc) is 2.66. The molecule has 5 nitrogen and oxygen atoms in total. The first-order chi connectivity index (χ1) is 12.6. The normalized spacial score (nSPS) is 15.5. The summed E-state index contributed by atoms with van der Waals surface area (Å²) in [5.41, 5.74) is 3.22. The predicted octanol–water partition coefficient (Wildman–Crippen LogP) is 2.51. The van der Waals surface area contributed by atoms with Gasteiger partial charge in [0.15, 0.2) is 0 Å². The molecule has 1 aromatic heterocycles. The summed E-state index contributed by atoms with van der Waals surface area (Å²) >= 11 is 0. The van der Waals surface area contributed by atoms with Crippen LogP contribution in [0.25, 0.3) is 10.8 Å². The van der Waals surface area contributed by atoms with Gasteiger partial charge in [0.2, 0.25) is 0 Å². The Morgan fingerprint density at radius 1 is 1.04 bits per heavy atom. The van der Waals surface area contributed by atoms with Crippen molar-refractivity contribution in [2.45, 2.75) is 13.5 Å². The molecule has 0 bridgehead atoms. The van der Waals surface area contributed by atoms with Gasteiger partial charge in [-0.05, 0) is 35.9 Å². The molecule has 0 N–H and O–H groups in total. The second kappa shape index (κ2) is 6.92. The number of aromatic nitrogens is 2. The highest BCUT2D eigenvalue weighted by Gasteiger charge is 2.16. The molecule has 0 radical (unpaired) electrons. The van der Waals surface area contributed by atoms with E-state index in [2.05, 4.69) is 53.1 Å². The molecule has 1 fully saturated rings. The molecule has 0 atom stereocenters. The smallest absolute Gasteiger partial charge is 0.269 e. The van der Waals surface area contributed by atoms with Crippen LogP contribution in [0, 0.1) is 6.92 Å². The largest absolute Gasteiger partial charge is 0.368 e. The van der Waals surface area contributed by atoms with Crippen molar-refractivity contribution in [1.82, 2.24) is 14.7 Å². The van der Waals surface area contributed by atoms with Crippen LogP contribution >= 0.6 is 0 Å². The molecule has 1 saturated heterocycles. The minimum Gasteiger partial charge on any atom is -0.368 e. The zero-order valence-corrected chi connectivity index (χ0v) is 15.4. The molecule has 0 amide bonds. The zero-order chi connectivity index (χ0) is 18.1. The number of fused-ring (bicyclic) bond motifs is 1. The third kappa shape index (κ3) is 3.22. The van der Waals surface area contributed by atoms with Crippen molar-refractivity contribution in [3.05, 3.63) is 70.1 Å². The summed E-state index contributed by atoms with van der Waals surface area (Å²) < 4.78 is 1.56. The quantitative estimate of drug-likeness (QED) is 0.729. The van der Waals surface area contributed by atoms with Gasteiger partial charge in [-0.3, -0.25) is 4.79 Å². The lowest BCUT2D eigenvalue weighted by atomic mass is 10.00. The summed E-state index contributed by atoms with van der Waals surface area (Å²) in [4.78, 5) is 17.2.